The third kappa shape index (κ3) is 8.92. The van der Waals surface area contributed by atoms with Crippen LogP contribution in [0.1, 0.15) is 83.6 Å². The Bertz CT molecular complexity index is 1570. The first-order chi connectivity index (χ1) is 21.8. The van der Waals surface area contributed by atoms with Gasteiger partial charge < -0.3 is 29.6 Å². The van der Waals surface area contributed by atoms with Crippen LogP contribution >= 0.6 is 0 Å². The molecule has 0 saturated heterocycles. The molecule has 8 nitrogen and oxygen atoms in total. The van der Waals surface area contributed by atoms with Gasteiger partial charge in [-0.25, -0.2) is 9.18 Å². The molecule has 0 aromatic heterocycles. The number of nitrogens with one attached hydrogen (secondary N) is 2. The van der Waals surface area contributed by atoms with Crippen LogP contribution in [0.5, 0.6) is 11.5 Å². The van der Waals surface area contributed by atoms with Gasteiger partial charge in [0, 0.05) is 41.8 Å². The van der Waals surface area contributed by atoms with Crippen LogP contribution in [0.2, 0.25) is 0 Å². The zero-order valence-corrected chi connectivity index (χ0v) is 27.6. The fourth-order valence-electron chi connectivity index (χ4n) is 5.33. The molecule has 1 unspecified atom stereocenters. The fourth-order valence-corrected chi connectivity index (χ4v) is 5.33. The first kappa shape index (κ1) is 33.1. The van der Waals surface area contributed by atoms with Gasteiger partial charge in [0.25, 0.3) is 0 Å². The Morgan fingerprint density at radius 1 is 0.913 bits per heavy atom. The van der Waals surface area contributed by atoms with Gasteiger partial charge in [-0.3, -0.25) is 4.79 Å². The van der Waals surface area contributed by atoms with Gasteiger partial charge in [0.1, 0.15) is 34.6 Å². The number of hydrogen-bond donors (Lipinski definition) is 2. The smallest absolute Gasteiger partial charge is 0.407 e. The monoisotopic (exact) mass is 632 g/mol. The van der Waals surface area contributed by atoms with Crippen molar-refractivity contribution in [2.24, 2.45) is 5.92 Å². The first-order valence-corrected chi connectivity index (χ1v) is 16.0. The molecule has 246 valence electrons. The molecule has 1 amide bonds. The maximum absolute atomic E-state index is 16.1. The van der Waals surface area contributed by atoms with Crippen LogP contribution in [0.3, 0.4) is 0 Å². The molecule has 1 saturated carbocycles. The van der Waals surface area contributed by atoms with E-state index in [9.17, 15) is 9.59 Å². The largest absolute Gasteiger partial charge is 0.491 e. The number of hydrogen-bond acceptors (Lipinski definition) is 7. The molecule has 3 aromatic carbocycles. The minimum atomic E-state index is -0.658. The normalized spacial score (nSPS) is 16.1. The highest BCUT2D eigenvalue weighted by Crippen LogP contribution is 2.45. The Hall–Kier alpha value is -4.27. The summed E-state index contributed by atoms with van der Waals surface area (Å²) in [5, 5.41) is 6.20. The second kappa shape index (κ2) is 13.6. The molecule has 46 heavy (non-hydrogen) atoms. The summed E-state index contributed by atoms with van der Waals surface area (Å²) in [6, 6.07) is 16.5. The van der Waals surface area contributed by atoms with Crippen molar-refractivity contribution < 1.29 is 32.9 Å². The molecule has 1 atom stereocenters. The number of benzene rings is 3. The molecule has 5 rings (SSSR count). The number of halogens is 1. The summed E-state index contributed by atoms with van der Waals surface area (Å²) in [5.41, 5.74) is 2.46. The second-order valence-electron chi connectivity index (χ2n) is 14.0. The molecule has 9 heteroatoms. The number of ether oxygens (including phenoxy) is 4. The average Bonchev–Trinajstić information content (AvgIpc) is 3.79. The molecule has 3 aromatic rings. The van der Waals surface area contributed by atoms with E-state index >= 15 is 4.39 Å². The molecule has 1 aliphatic heterocycles. The van der Waals surface area contributed by atoms with E-state index < -0.39 is 29.2 Å². The summed E-state index contributed by atoms with van der Waals surface area (Å²) in [5.74, 6) is 1.12. The number of anilines is 1. The number of para-hydroxylation sites is 1. The lowest BCUT2D eigenvalue weighted by atomic mass is 9.94. The van der Waals surface area contributed by atoms with Gasteiger partial charge >= 0.3 is 12.1 Å². The van der Waals surface area contributed by atoms with Crippen LogP contribution in [-0.2, 0) is 27.2 Å². The summed E-state index contributed by atoms with van der Waals surface area (Å²) in [7, 11) is 0. The molecule has 1 aliphatic carbocycles. The lowest BCUT2D eigenvalue weighted by Crippen LogP contribution is -2.32. The predicted molar refractivity (Wildman–Crippen MR) is 176 cm³/mol. The van der Waals surface area contributed by atoms with Crippen LogP contribution in [-0.4, -0.2) is 36.4 Å². The van der Waals surface area contributed by atoms with Gasteiger partial charge in [0.2, 0.25) is 0 Å². The average molecular weight is 633 g/mol. The van der Waals surface area contributed by atoms with Gasteiger partial charge in [-0.2, -0.15) is 0 Å². The molecule has 2 aliphatic rings. The van der Waals surface area contributed by atoms with Gasteiger partial charge in [0.05, 0.1) is 18.7 Å². The zero-order chi connectivity index (χ0) is 33.1. The SMILES string of the molecule is CC(C)(C)OC(=O)Cc1ccccc1OC1CCOc2c(NCC3CC3)cc(-c3cccc(CNC(=O)OC(C)(C)C)c3F)cc21. The highest BCUT2D eigenvalue weighted by Gasteiger charge is 2.30. The van der Waals surface area contributed by atoms with E-state index in [1.807, 2.05) is 57.2 Å². The van der Waals surface area contributed by atoms with Gasteiger partial charge in [-0.15, -0.1) is 0 Å². The standard InChI is InChI=1S/C37H45FN2O6/c1-36(2,3)45-32(41)20-24-10-7-8-13-30(24)44-31-16-17-43-34-28(31)18-26(19-29(34)39-21-23-14-15-23)27-12-9-11-25(33(27)38)22-40-35(42)46-37(4,5)6/h7-13,18-19,23,31,39H,14-17,20-22H2,1-6H3,(H,40,42). The number of alkyl carbamates (subject to hydrolysis) is 1. The zero-order valence-electron chi connectivity index (χ0n) is 27.6. The number of carbonyl (C=O) groups is 2. The van der Waals surface area contributed by atoms with E-state index in [4.69, 9.17) is 18.9 Å². The third-order valence-electron chi connectivity index (χ3n) is 7.58. The maximum Gasteiger partial charge on any atom is 0.407 e. The molecule has 2 N–H and O–H groups in total. The summed E-state index contributed by atoms with van der Waals surface area (Å²) in [4.78, 5) is 24.9. The predicted octanol–water partition coefficient (Wildman–Crippen LogP) is 8.13. The third-order valence-corrected chi connectivity index (χ3v) is 7.58. The summed E-state index contributed by atoms with van der Waals surface area (Å²) >= 11 is 0. The van der Waals surface area contributed by atoms with E-state index in [2.05, 4.69) is 10.6 Å². The second-order valence-corrected chi connectivity index (χ2v) is 14.0. The number of esters is 1. The van der Waals surface area contributed by atoms with Crippen LogP contribution < -0.4 is 20.1 Å². The topological polar surface area (TPSA) is 95.1 Å². The van der Waals surface area contributed by atoms with Gasteiger partial charge in [-0.1, -0.05) is 36.4 Å². The molecule has 1 heterocycles. The number of rotatable bonds is 10. The highest BCUT2D eigenvalue weighted by molar-refractivity contribution is 5.76. The molecule has 1 fully saturated rings. The summed E-state index contributed by atoms with van der Waals surface area (Å²) < 4.78 is 39.7. The fraction of sp³-hybridized carbons (Fsp3) is 0.459. The van der Waals surface area contributed by atoms with Crippen molar-refractivity contribution in [2.45, 2.75) is 91.1 Å². The Balaban J connectivity index is 1.45. The van der Waals surface area contributed by atoms with Crippen molar-refractivity contribution in [3.8, 4) is 22.6 Å². The van der Waals surface area contributed by atoms with Crippen molar-refractivity contribution in [1.29, 1.82) is 0 Å². The maximum atomic E-state index is 16.1. The van der Waals surface area contributed by atoms with Crippen LogP contribution in [0.15, 0.2) is 54.6 Å². The summed E-state index contributed by atoms with van der Waals surface area (Å²) in [6.07, 6.45) is 2.00. The van der Waals surface area contributed by atoms with Crippen molar-refractivity contribution >= 4 is 17.7 Å². The van der Waals surface area contributed by atoms with E-state index in [1.54, 1.807) is 39.0 Å². The number of carbonyl (C=O) groups excluding carboxylic acids is 2. The number of fused-ring (bicyclic) bond motifs is 1. The van der Waals surface area contributed by atoms with Crippen molar-refractivity contribution in [2.75, 3.05) is 18.5 Å². The van der Waals surface area contributed by atoms with E-state index in [-0.39, 0.29) is 18.9 Å². The van der Waals surface area contributed by atoms with Crippen LogP contribution in [0.4, 0.5) is 14.9 Å². The Morgan fingerprint density at radius 3 is 2.35 bits per heavy atom. The quantitative estimate of drug-likeness (QED) is 0.218. The highest BCUT2D eigenvalue weighted by atomic mass is 19.1. The first-order valence-electron chi connectivity index (χ1n) is 16.0. The minimum absolute atomic E-state index is 0.0183. The van der Waals surface area contributed by atoms with E-state index in [1.165, 1.54) is 12.8 Å². The van der Waals surface area contributed by atoms with Crippen molar-refractivity contribution in [3.63, 3.8) is 0 Å². The number of amides is 1. The van der Waals surface area contributed by atoms with Crippen LogP contribution in [0, 0.1) is 11.7 Å². The van der Waals surface area contributed by atoms with Gasteiger partial charge in [-0.05, 0) is 84.1 Å². The van der Waals surface area contributed by atoms with E-state index in [0.29, 0.717) is 47.1 Å². The van der Waals surface area contributed by atoms with Crippen LogP contribution in [0.25, 0.3) is 11.1 Å². The summed E-state index contributed by atoms with van der Waals surface area (Å²) in [6.45, 7) is 12.1. The Morgan fingerprint density at radius 2 is 1.63 bits per heavy atom. The van der Waals surface area contributed by atoms with E-state index in [0.717, 1.165) is 23.4 Å². The van der Waals surface area contributed by atoms with Crippen molar-refractivity contribution in [1.82, 2.24) is 5.32 Å². The lowest BCUT2D eigenvalue weighted by molar-refractivity contribution is -0.153. The molecule has 0 bridgehead atoms. The Kier molecular flexibility index (Phi) is 9.79. The minimum Gasteiger partial charge on any atom is -0.491 e. The molecular formula is C37H45FN2O6. The molecular weight excluding hydrogens is 587 g/mol. The molecule has 0 radical (unpaired) electrons. The van der Waals surface area contributed by atoms with Gasteiger partial charge in [0.15, 0.2) is 0 Å². The van der Waals surface area contributed by atoms with Crippen molar-refractivity contribution in [3.05, 3.63) is 77.1 Å². The lowest BCUT2D eigenvalue weighted by Gasteiger charge is -2.30. The molecule has 0 spiro atoms. The Labute approximate surface area is 271 Å².